The number of rotatable bonds is 45. The summed E-state index contributed by atoms with van der Waals surface area (Å²) in [4.78, 5) is 26.1. The molecule has 6 heteroatoms. The molecule has 0 aliphatic carbocycles. The number of ether oxygens (including phenoxy) is 1. The van der Waals surface area contributed by atoms with Crippen LogP contribution in [-0.4, -0.2) is 46.9 Å². The summed E-state index contributed by atoms with van der Waals surface area (Å²) in [5.41, 5.74) is 0. The molecule has 356 valence electrons. The Balaban J connectivity index is 4.64. The molecule has 6 nitrogen and oxygen atoms in total. The second kappa shape index (κ2) is 49.1. The van der Waals surface area contributed by atoms with E-state index >= 15 is 0 Å². The minimum absolute atomic E-state index is 0.0346. The normalized spacial score (nSPS) is 14.0. The third-order valence-corrected chi connectivity index (χ3v) is 11.2. The molecule has 0 aromatic carbocycles. The van der Waals surface area contributed by atoms with E-state index in [9.17, 15) is 19.8 Å². The summed E-state index contributed by atoms with van der Waals surface area (Å²) in [5.74, 6) is -0.554. The number of aliphatic hydroxyl groups is 2. The number of hydrogen-bond acceptors (Lipinski definition) is 5. The lowest BCUT2D eigenvalue weighted by Gasteiger charge is -2.24. The van der Waals surface area contributed by atoms with Crippen LogP contribution < -0.4 is 5.32 Å². The van der Waals surface area contributed by atoms with Crippen LogP contribution in [0.15, 0.2) is 85.1 Å². The van der Waals surface area contributed by atoms with Crippen molar-refractivity contribution >= 4 is 11.9 Å². The van der Waals surface area contributed by atoms with Crippen LogP contribution in [0.3, 0.4) is 0 Å². The maximum absolute atomic E-state index is 13.2. The molecule has 0 radical (unpaired) electrons. The van der Waals surface area contributed by atoms with E-state index in [1.807, 2.05) is 0 Å². The fourth-order valence-corrected chi connectivity index (χ4v) is 7.38. The van der Waals surface area contributed by atoms with Crippen molar-refractivity contribution < 1.29 is 24.5 Å². The van der Waals surface area contributed by atoms with E-state index in [0.29, 0.717) is 19.3 Å². The molecule has 0 rings (SSSR count). The first kappa shape index (κ1) is 59.0. The number of aliphatic hydroxyl groups excluding tert-OH is 2. The molecule has 0 saturated carbocycles. The van der Waals surface area contributed by atoms with Crippen LogP contribution >= 0.6 is 0 Å². The smallest absolute Gasteiger partial charge is 0.306 e. The number of allylic oxidation sites excluding steroid dienone is 14. The molecular weight excluding hydrogens is 767 g/mol. The van der Waals surface area contributed by atoms with Gasteiger partial charge in [0.25, 0.3) is 0 Å². The number of amides is 1. The topological polar surface area (TPSA) is 95.9 Å². The van der Waals surface area contributed by atoms with Gasteiger partial charge in [-0.05, 0) is 96.3 Å². The first-order valence-corrected chi connectivity index (χ1v) is 25.8. The highest BCUT2D eigenvalue weighted by atomic mass is 16.5. The van der Waals surface area contributed by atoms with Gasteiger partial charge in [0.1, 0.15) is 6.10 Å². The van der Waals surface area contributed by atoms with Gasteiger partial charge in [-0.1, -0.05) is 209 Å². The summed E-state index contributed by atoms with van der Waals surface area (Å²) in [5, 5.41) is 23.8. The van der Waals surface area contributed by atoms with Gasteiger partial charge in [0, 0.05) is 6.42 Å². The van der Waals surface area contributed by atoms with Crippen LogP contribution in [0.5, 0.6) is 0 Å². The van der Waals surface area contributed by atoms with Gasteiger partial charge in [0.05, 0.1) is 25.2 Å². The Bertz CT molecular complexity index is 1200. The molecule has 3 atom stereocenters. The summed E-state index contributed by atoms with van der Waals surface area (Å²) in [7, 11) is 0. The number of carbonyl (C=O) groups is 2. The molecule has 3 N–H and O–H groups in total. The van der Waals surface area contributed by atoms with Crippen LogP contribution in [-0.2, 0) is 14.3 Å². The average Bonchev–Trinajstić information content (AvgIpc) is 3.26. The van der Waals surface area contributed by atoms with Gasteiger partial charge in [-0.15, -0.1) is 0 Å². The van der Waals surface area contributed by atoms with Crippen LogP contribution in [0, 0.1) is 0 Å². The van der Waals surface area contributed by atoms with Gasteiger partial charge in [-0.2, -0.15) is 0 Å². The summed E-state index contributed by atoms with van der Waals surface area (Å²) in [6.07, 6.45) is 63.6. The number of esters is 1. The molecule has 0 heterocycles. The largest absolute Gasteiger partial charge is 0.462 e. The van der Waals surface area contributed by atoms with Crippen molar-refractivity contribution in [3.05, 3.63) is 85.1 Å². The summed E-state index contributed by atoms with van der Waals surface area (Å²) in [6, 6.07) is -0.724. The maximum atomic E-state index is 13.2. The second-order valence-corrected chi connectivity index (χ2v) is 17.2. The average molecular weight is 864 g/mol. The molecule has 0 spiro atoms. The quantitative estimate of drug-likeness (QED) is 0.0322. The highest BCUT2D eigenvalue weighted by Gasteiger charge is 2.24. The Morgan fingerprint density at radius 1 is 0.484 bits per heavy atom. The lowest BCUT2D eigenvalue weighted by atomic mass is 10.0. The third kappa shape index (κ3) is 43.7. The van der Waals surface area contributed by atoms with Crippen molar-refractivity contribution in [3.8, 4) is 0 Å². The van der Waals surface area contributed by atoms with Crippen molar-refractivity contribution in [1.29, 1.82) is 0 Å². The zero-order valence-corrected chi connectivity index (χ0v) is 40.5. The van der Waals surface area contributed by atoms with E-state index in [4.69, 9.17) is 4.74 Å². The maximum Gasteiger partial charge on any atom is 0.306 e. The molecule has 62 heavy (non-hydrogen) atoms. The van der Waals surface area contributed by atoms with Gasteiger partial charge in [-0.3, -0.25) is 9.59 Å². The summed E-state index contributed by atoms with van der Waals surface area (Å²) < 4.78 is 5.89. The van der Waals surface area contributed by atoms with Gasteiger partial charge in [0.2, 0.25) is 5.91 Å². The van der Waals surface area contributed by atoms with Gasteiger partial charge >= 0.3 is 5.97 Å². The molecule has 0 saturated heterocycles. The molecule has 0 aliphatic heterocycles. The van der Waals surface area contributed by atoms with E-state index < -0.39 is 18.2 Å². The number of hydrogen-bond donors (Lipinski definition) is 3. The third-order valence-electron chi connectivity index (χ3n) is 11.2. The highest BCUT2D eigenvalue weighted by molar-refractivity contribution is 5.77. The Morgan fingerprint density at radius 3 is 1.32 bits per heavy atom. The molecule has 0 aliphatic rings. The first-order chi connectivity index (χ1) is 30.5. The molecule has 0 aromatic heterocycles. The van der Waals surface area contributed by atoms with Gasteiger partial charge in [0.15, 0.2) is 0 Å². The van der Waals surface area contributed by atoms with Gasteiger partial charge < -0.3 is 20.3 Å². The minimum Gasteiger partial charge on any atom is -0.462 e. The van der Waals surface area contributed by atoms with Crippen molar-refractivity contribution in [1.82, 2.24) is 5.32 Å². The zero-order valence-electron chi connectivity index (χ0n) is 40.5. The van der Waals surface area contributed by atoms with Gasteiger partial charge in [-0.25, -0.2) is 0 Å². The van der Waals surface area contributed by atoms with Crippen LogP contribution in [0.1, 0.15) is 233 Å². The van der Waals surface area contributed by atoms with Crippen molar-refractivity contribution in [2.75, 3.05) is 6.61 Å². The predicted molar refractivity (Wildman–Crippen MR) is 268 cm³/mol. The number of carbonyl (C=O) groups excluding carboxylic acids is 2. The molecule has 0 bridgehead atoms. The van der Waals surface area contributed by atoms with E-state index in [0.717, 1.165) is 109 Å². The predicted octanol–water partition coefficient (Wildman–Crippen LogP) is 15.6. The lowest BCUT2D eigenvalue weighted by Crippen LogP contribution is -2.46. The Hall–Kier alpha value is -2.96. The fraction of sp³-hybridized carbons (Fsp3) is 0.714. The number of nitrogens with one attached hydrogen (secondary N) is 1. The zero-order chi connectivity index (χ0) is 45.2. The second-order valence-electron chi connectivity index (χ2n) is 17.2. The Morgan fingerprint density at radius 2 is 0.871 bits per heavy atom. The first-order valence-electron chi connectivity index (χ1n) is 25.8. The molecule has 1 amide bonds. The molecule has 3 unspecified atom stereocenters. The highest BCUT2D eigenvalue weighted by Crippen LogP contribution is 2.17. The summed E-state index contributed by atoms with van der Waals surface area (Å²) in [6.45, 7) is 6.23. The fourth-order valence-electron chi connectivity index (χ4n) is 7.38. The van der Waals surface area contributed by atoms with Crippen molar-refractivity contribution in [3.63, 3.8) is 0 Å². The number of unbranched alkanes of at least 4 members (excludes halogenated alkanes) is 19. The Labute approximate surface area is 383 Å². The van der Waals surface area contributed by atoms with Crippen molar-refractivity contribution in [2.45, 2.75) is 251 Å². The standard InChI is InChI=1S/C56H97NO5/c1-4-7-10-13-16-19-22-25-27-29-31-34-37-40-43-46-49-56(61)62-52(47-44-41-38-35-32-24-21-18-15-12-9-6-3)50-55(60)57-53(51-58)54(59)48-45-42-39-36-33-30-28-26-23-20-17-14-11-8-5-2/h7,9-10,12,16,18-19,21,25,27,31-32,34-35,52-54,58-59H,4-6,8,11,13-15,17,20,22-24,26,28-30,33,36-51H2,1-3H3,(H,57,60)/b10-7+,12-9+,19-16+,21-18+,27-25+,34-31+,35-32+. The van der Waals surface area contributed by atoms with E-state index in [-0.39, 0.29) is 24.9 Å². The minimum atomic E-state index is -0.807. The monoisotopic (exact) mass is 864 g/mol. The molecule has 0 fully saturated rings. The Kier molecular flexibility index (Phi) is 46.7. The van der Waals surface area contributed by atoms with E-state index in [1.54, 1.807) is 0 Å². The summed E-state index contributed by atoms with van der Waals surface area (Å²) >= 11 is 0. The molecule has 0 aromatic rings. The van der Waals surface area contributed by atoms with E-state index in [2.05, 4.69) is 111 Å². The van der Waals surface area contributed by atoms with E-state index in [1.165, 1.54) is 77.0 Å². The van der Waals surface area contributed by atoms with Crippen molar-refractivity contribution in [2.24, 2.45) is 0 Å². The SMILES string of the molecule is CC/C=C/C/C=C/C/C=C/C/C=C/CCCCCC(=O)OC(CCCC/C=C/C/C=C/C/C=C/CC)CC(=O)NC(CO)C(O)CCCCCCCCCCCCCCCCC. The lowest BCUT2D eigenvalue weighted by molar-refractivity contribution is -0.151. The van der Waals surface area contributed by atoms with Crippen LogP contribution in [0.25, 0.3) is 0 Å². The molecular formula is C56H97NO5. The van der Waals surface area contributed by atoms with Crippen LogP contribution in [0.2, 0.25) is 0 Å². The van der Waals surface area contributed by atoms with Crippen LogP contribution in [0.4, 0.5) is 0 Å².